The summed E-state index contributed by atoms with van der Waals surface area (Å²) in [4.78, 5) is 11.1. The Hall–Kier alpha value is -1.09. The molecule has 2 heterocycles. The minimum Gasteiger partial charge on any atom is -0.381 e. The van der Waals surface area contributed by atoms with E-state index in [0.717, 1.165) is 38.2 Å². The zero-order valence-electron chi connectivity index (χ0n) is 9.11. The molecule has 1 saturated heterocycles. The summed E-state index contributed by atoms with van der Waals surface area (Å²) in [5.41, 5.74) is 0.807. The van der Waals surface area contributed by atoms with Gasteiger partial charge in [-0.25, -0.2) is 0 Å². The Morgan fingerprint density at radius 2 is 2.27 bits per heavy atom. The molecule has 2 rings (SSSR count). The van der Waals surface area contributed by atoms with Crippen LogP contribution in [0.5, 0.6) is 0 Å². The molecule has 0 unspecified atom stereocenters. The Bertz CT molecular complexity index is 337. The SMILES string of the molecule is CC(=O)c1ccn(CC2CCOCC2)c1. The molecule has 0 bridgehead atoms. The second-order valence-electron chi connectivity index (χ2n) is 4.21. The van der Waals surface area contributed by atoms with Crippen molar-refractivity contribution in [1.82, 2.24) is 4.57 Å². The maximum atomic E-state index is 11.1. The van der Waals surface area contributed by atoms with E-state index in [4.69, 9.17) is 4.74 Å². The van der Waals surface area contributed by atoms with E-state index in [2.05, 4.69) is 4.57 Å². The molecule has 0 amide bonds. The topological polar surface area (TPSA) is 31.2 Å². The average molecular weight is 207 g/mol. The number of ketones is 1. The maximum Gasteiger partial charge on any atom is 0.161 e. The van der Waals surface area contributed by atoms with Crippen LogP contribution in [0.2, 0.25) is 0 Å². The lowest BCUT2D eigenvalue weighted by atomic mass is 10.0. The third-order valence-electron chi connectivity index (χ3n) is 2.97. The molecule has 0 aliphatic carbocycles. The van der Waals surface area contributed by atoms with Crippen molar-refractivity contribution < 1.29 is 9.53 Å². The largest absolute Gasteiger partial charge is 0.381 e. The standard InChI is InChI=1S/C12H17NO2/c1-10(14)12-2-5-13(9-12)8-11-3-6-15-7-4-11/h2,5,9,11H,3-4,6-8H2,1H3. The van der Waals surface area contributed by atoms with Gasteiger partial charge in [0.15, 0.2) is 5.78 Å². The van der Waals surface area contributed by atoms with E-state index in [9.17, 15) is 4.79 Å². The van der Waals surface area contributed by atoms with Gasteiger partial charge in [0, 0.05) is 37.7 Å². The number of carbonyl (C=O) groups is 1. The van der Waals surface area contributed by atoms with Crippen LogP contribution < -0.4 is 0 Å². The van der Waals surface area contributed by atoms with Crippen LogP contribution in [0.4, 0.5) is 0 Å². The molecule has 0 radical (unpaired) electrons. The molecule has 82 valence electrons. The van der Waals surface area contributed by atoms with E-state index < -0.39 is 0 Å². The predicted octanol–water partition coefficient (Wildman–Crippen LogP) is 2.12. The van der Waals surface area contributed by atoms with E-state index >= 15 is 0 Å². The summed E-state index contributed by atoms with van der Waals surface area (Å²) in [7, 11) is 0. The van der Waals surface area contributed by atoms with Gasteiger partial charge in [-0.3, -0.25) is 4.79 Å². The number of hydrogen-bond donors (Lipinski definition) is 0. The summed E-state index contributed by atoms with van der Waals surface area (Å²) < 4.78 is 7.44. The molecular weight excluding hydrogens is 190 g/mol. The number of hydrogen-bond acceptors (Lipinski definition) is 2. The van der Waals surface area contributed by atoms with Crippen molar-refractivity contribution in [3.05, 3.63) is 24.0 Å². The van der Waals surface area contributed by atoms with Gasteiger partial charge in [0.25, 0.3) is 0 Å². The van der Waals surface area contributed by atoms with E-state index in [1.54, 1.807) is 6.92 Å². The Kier molecular flexibility index (Phi) is 3.21. The van der Waals surface area contributed by atoms with Gasteiger partial charge in [-0.1, -0.05) is 0 Å². The van der Waals surface area contributed by atoms with E-state index in [-0.39, 0.29) is 5.78 Å². The lowest BCUT2D eigenvalue weighted by molar-refractivity contribution is 0.0613. The second kappa shape index (κ2) is 4.62. The summed E-state index contributed by atoms with van der Waals surface area (Å²) in [6.45, 7) is 4.38. The molecule has 0 N–H and O–H groups in total. The normalized spacial score (nSPS) is 17.9. The van der Waals surface area contributed by atoms with Gasteiger partial charge in [0.2, 0.25) is 0 Å². The van der Waals surface area contributed by atoms with Gasteiger partial charge in [-0.15, -0.1) is 0 Å². The number of carbonyl (C=O) groups excluding carboxylic acids is 1. The van der Waals surface area contributed by atoms with E-state index in [1.165, 1.54) is 0 Å². The van der Waals surface area contributed by atoms with Crippen molar-refractivity contribution in [3.8, 4) is 0 Å². The van der Waals surface area contributed by atoms with Gasteiger partial charge in [0.1, 0.15) is 0 Å². The summed E-state index contributed by atoms with van der Waals surface area (Å²) in [5.74, 6) is 0.840. The van der Waals surface area contributed by atoms with Crippen molar-refractivity contribution >= 4 is 5.78 Å². The molecule has 1 aromatic heterocycles. The van der Waals surface area contributed by atoms with Crippen LogP contribution in [-0.4, -0.2) is 23.6 Å². The van der Waals surface area contributed by atoms with Crippen LogP contribution >= 0.6 is 0 Å². The van der Waals surface area contributed by atoms with Gasteiger partial charge in [0.05, 0.1) is 0 Å². The summed E-state index contributed by atoms with van der Waals surface area (Å²) >= 11 is 0. The van der Waals surface area contributed by atoms with E-state index in [0.29, 0.717) is 5.92 Å². The lowest BCUT2D eigenvalue weighted by Crippen LogP contribution is -2.19. The van der Waals surface area contributed by atoms with Crippen LogP contribution in [-0.2, 0) is 11.3 Å². The second-order valence-corrected chi connectivity index (χ2v) is 4.21. The van der Waals surface area contributed by atoms with Crippen molar-refractivity contribution in [3.63, 3.8) is 0 Å². The van der Waals surface area contributed by atoms with Gasteiger partial charge >= 0.3 is 0 Å². The van der Waals surface area contributed by atoms with Crippen LogP contribution in [0.15, 0.2) is 18.5 Å². The van der Waals surface area contributed by atoms with Crippen molar-refractivity contribution in [2.45, 2.75) is 26.3 Å². The van der Waals surface area contributed by atoms with Gasteiger partial charge in [-0.05, 0) is 31.7 Å². The minimum absolute atomic E-state index is 0.140. The van der Waals surface area contributed by atoms with Gasteiger partial charge < -0.3 is 9.30 Å². The van der Waals surface area contributed by atoms with Crippen LogP contribution in [0.25, 0.3) is 0 Å². The number of Topliss-reactive ketones (excluding diaryl/α,β-unsaturated/α-hetero) is 1. The number of nitrogens with zero attached hydrogens (tertiary/aromatic N) is 1. The Morgan fingerprint density at radius 1 is 1.53 bits per heavy atom. The van der Waals surface area contributed by atoms with Crippen LogP contribution in [0, 0.1) is 5.92 Å². The van der Waals surface area contributed by atoms with Crippen molar-refractivity contribution in [2.24, 2.45) is 5.92 Å². The fourth-order valence-corrected chi connectivity index (χ4v) is 1.99. The monoisotopic (exact) mass is 207 g/mol. The Balaban J connectivity index is 1.94. The van der Waals surface area contributed by atoms with Crippen molar-refractivity contribution in [2.75, 3.05) is 13.2 Å². The number of ether oxygens (including phenoxy) is 1. The first kappa shape index (κ1) is 10.4. The van der Waals surface area contributed by atoms with Crippen LogP contribution in [0.3, 0.4) is 0 Å². The summed E-state index contributed by atoms with van der Waals surface area (Å²) in [6, 6.07) is 1.89. The average Bonchev–Trinajstić information content (AvgIpc) is 2.68. The zero-order chi connectivity index (χ0) is 10.7. The highest BCUT2D eigenvalue weighted by Gasteiger charge is 2.14. The zero-order valence-corrected chi connectivity index (χ0v) is 9.11. The third kappa shape index (κ3) is 2.69. The molecule has 0 saturated carbocycles. The molecule has 0 aromatic carbocycles. The molecule has 1 aliphatic rings. The fraction of sp³-hybridized carbons (Fsp3) is 0.583. The van der Waals surface area contributed by atoms with E-state index in [1.807, 2.05) is 18.5 Å². The highest BCUT2D eigenvalue weighted by molar-refractivity contribution is 5.93. The maximum absolute atomic E-state index is 11.1. The molecule has 1 fully saturated rings. The molecule has 1 aliphatic heterocycles. The molecule has 1 aromatic rings. The Morgan fingerprint density at radius 3 is 2.87 bits per heavy atom. The minimum atomic E-state index is 0.140. The highest BCUT2D eigenvalue weighted by Crippen LogP contribution is 2.17. The predicted molar refractivity (Wildman–Crippen MR) is 58.0 cm³/mol. The first-order valence-corrected chi connectivity index (χ1v) is 5.50. The summed E-state index contributed by atoms with van der Waals surface area (Å²) in [5, 5.41) is 0. The summed E-state index contributed by atoms with van der Waals surface area (Å²) in [6.07, 6.45) is 6.20. The first-order chi connectivity index (χ1) is 7.25. The molecule has 0 atom stereocenters. The third-order valence-corrected chi connectivity index (χ3v) is 2.97. The molecule has 3 heteroatoms. The van der Waals surface area contributed by atoms with Gasteiger partial charge in [-0.2, -0.15) is 0 Å². The molecular formula is C12H17NO2. The number of aromatic nitrogens is 1. The number of rotatable bonds is 3. The highest BCUT2D eigenvalue weighted by atomic mass is 16.5. The van der Waals surface area contributed by atoms with Crippen LogP contribution in [0.1, 0.15) is 30.1 Å². The lowest BCUT2D eigenvalue weighted by Gasteiger charge is -2.22. The van der Waals surface area contributed by atoms with Crippen molar-refractivity contribution in [1.29, 1.82) is 0 Å². The first-order valence-electron chi connectivity index (χ1n) is 5.50. The quantitative estimate of drug-likeness (QED) is 0.711. The molecule has 15 heavy (non-hydrogen) atoms. The smallest absolute Gasteiger partial charge is 0.161 e. The fourth-order valence-electron chi connectivity index (χ4n) is 1.99. The Labute approximate surface area is 90.0 Å². The molecule has 0 spiro atoms. The molecule has 3 nitrogen and oxygen atoms in total.